The summed E-state index contributed by atoms with van der Waals surface area (Å²) in [5, 5.41) is 27.6. The van der Waals surface area contributed by atoms with Crippen molar-refractivity contribution in [3.63, 3.8) is 0 Å². The molecular weight excluding hydrogens is 781 g/mol. The molecule has 0 aliphatic carbocycles. The van der Waals surface area contributed by atoms with E-state index in [1.807, 2.05) is 54.6 Å². The summed E-state index contributed by atoms with van der Waals surface area (Å²) >= 11 is 34.4. The van der Waals surface area contributed by atoms with E-state index < -0.39 is 0 Å². The second kappa shape index (κ2) is 22.4. The molecule has 0 radical (unpaired) electrons. The van der Waals surface area contributed by atoms with Crippen LogP contribution < -0.4 is 31.9 Å². The molecule has 0 aromatic carbocycles. The van der Waals surface area contributed by atoms with E-state index in [9.17, 15) is 0 Å². The summed E-state index contributed by atoms with van der Waals surface area (Å²) in [5.74, 6) is 0. The SMILES string of the molecule is CC#N.S=C1NCCN2CCNC(=S)c3cccc(n3)C(=S)NCCN(CCNC(=S)c3cccc1n3)CCNC(=S)c1cccc(n1)C(=S)NCC2. The van der Waals surface area contributed by atoms with Gasteiger partial charge in [0, 0.05) is 85.5 Å². The van der Waals surface area contributed by atoms with Crippen LogP contribution in [0.3, 0.4) is 0 Å². The summed E-state index contributed by atoms with van der Waals surface area (Å²) in [6.45, 7) is 9.35. The number of thiocarbonyl (C=S) groups is 6. The number of hydrogen-bond donors (Lipinski definition) is 6. The highest BCUT2D eigenvalue weighted by molar-refractivity contribution is 7.81. The molecule has 3 aromatic rings. The Morgan fingerprint density at radius 2 is 0.604 bits per heavy atom. The molecule has 3 aliphatic heterocycles. The maximum Gasteiger partial charge on any atom is 0.125 e. The van der Waals surface area contributed by atoms with Crippen molar-refractivity contribution in [2.24, 2.45) is 0 Å². The Labute approximate surface area is 343 Å². The van der Waals surface area contributed by atoms with Gasteiger partial charge in [-0.1, -0.05) is 91.5 Å². The molecule has 6 N–H and O–H groups in total. The molecule has 3 aliphatic rings. The van der Waals surface area contributed by atoms with Crippen molar-refractivity contribution in [3.05, 3.63) is 88.8 Å². The predicted molar refractivity (Wildman–Crippen MR) is 235 cm³/mol. The minimum absolute atomic E-state index is 0.566. The number of nitriles is 1. The van der Waals surface area contributed by atoms with E-state index in [2.05, 4.69) is 41.7 Å². The van der Waals surface area contributed by atoms with Crippen LogP contribution in [0.4, 0.5) is 0 Å². The third kappa shape index (κ3) is 13.8. The summed E-state index contributed by atoms with van der Waals surface area (Å²) in [5.41, 5.74) is 4.04. The van der Waals surface area contributed by atoms with Crippen LogP contribution in [0.15, 0.2) is 54.6 Å². The molecule has 0 saturated carbocycles. The van der Waals surface area contributed by atoms with Crippen LogP contribution in [0, 0.1) is 11.3 Å². The number of hydrogen-bond acceptors (Lipinski definition) is 12. The molecule has 6 rings (SSSR count). The quantitative estimate of drug-likeness (QED) is 0.184. The lowest BCUT2D eigenvalue weighted by Crippen LogP contribution is -2.43. The number of nitrogens with one attached hydrogen (secondary N) is 6. The highest BCUT2D eigenvalue weighted by Crippen LogP contribution is 2.05. The average molecular weight is 823 g/mol. The van der Waals surface area contributed by atoms with E-state index in [-0.39, 0.29) is 0 Å². The molecule has 53 heavy (non-hydrogen) atoms. The number of aromatic nitrogens is 3. The van der Waals surface area contributed by atoms with Crippen molar-refractivity contribution in [2.75, 3.05) is 78.5 Å². The van der Waals surface area contributed by atoms with Crippen LogP contribution in [0.5, 0.6) is 0 Å². The van der Waals surface area contributed by atoms with Crippen molar-refractivity contribution in [3.8, 4) is 6.07 Å². The Bertz CT molecular complexity index is 1520. The Morgan fingerprint density at radius 1 is 0.434 bits per heavy atom. The van der Waals surface area contributed by atoms with Crippen LogP contribution in [0.2, 0.25) is 0 Å². The lowest BCUT2D eigenvalue weighted by molar-refractivity contribution is 0.286. The molecular formula is C35H42N12S6. The van der Waals surface area contributed by atoms with Gasteiger partial charge in [-0.25, -0.2) is 15.0 Å². The van der Waals surface area contributed by atoms with Gasteiger partial charge in [-0.3, -0.25) is 9.80 Å². The maximum absolute atomic E-state index is 7.32. The van der Waals surface area contributed by atoms with E-state index in [1.165, 1.54) is 6.92 Å². The number of nitrogens with zero attached hydrogens (tertiary/aromatic N) is 6. The first-order valence-corrected chi connectivity index (χ1v) is 19.5. The van der Waals surface area contributed by atoms with Crippen molar-refractivity contribution in [2.45, 2.75) is 6.92 Å². The summed E-state index contributed by atoms with van der Waals surface area (Å²) in [6.07, 6.45) is 0. The molecule has 3 aromatic heterocycles. The van der Waals surface area contributed by atoms with Gasteiger partial charge in [0.15, 0.2) is 0 Å². The fourth-order valence-electron chi connectivity index (χ4n) is 5.24. The van der Waals surface area contributed by atoms with Crippen molar-refractivity contribution in [1.82, 2.24) is 56.7 Å². The third-order valence-electron chi connectivity index (χ3n) is 7.92. The highest BCUT2D eigenvalue weighted by atomic mass is 32.1. The molecule has 12 nitrogen and oxygen atoms in total. The van der Waals surface area contributed by atoms with Gasteiger partial charge in [0.05, 0.1) is 40.2 Å². The number of rotatable bonds is 0. The third-order valence-corrected chi connectivity index (χ3v) is 10.0. The van der Waals surface area contributed by atoms with Gasteiger partial charge in [-0.05, 0) is 36.4 Å². The Morgan fingerprint density at radius 3 is 0.774 bits per heavy atom. The van der Waals surface area contributed by atoms with Gasteiger partial charge < -0.3 is 31.9 Å². The monoisotopic (exact) mass is 822 g/mol. The molecule has 0 saturated heterocycles. The predicted octanol–water partition coefficient (Wildman–Crippen LogP) is 2.02. The van der Waals surface area contributed by atoms with Crippen molar-refractivity contribution in [1.29, 1.82) is 5.26 Å². The smallest absolute Gasteiger partial charge is 0.125 e. The molecule has 278 valence electrons. The van der Waals surface area contributed by atoms with Crippen molar-refractivity contribution >= 4 is 103 Å². The normalized spacial score (nSPS) is 19.6. The zero-order valence-corrected chi connectivity index (χ0v) is 34.2. The fourth-order valence-corrected chi connectivity index (χ4v) is 6.54. The zero-order valence-electron chi connectivity index (χ0n) is 29.3. The first-order valence-electron chi connectivity index (χ1n) is 17.0. The molecule has 18 heteroatoms. The molecule has 0 atom stereocenters. The molecule has 0 fully saturated rings. The lowest BCUT2D eigenvalue weighted by atomic mass is 10.2. The van der Waals surface area contributed by atoms with E-state index >= 15 is 0 Å². The maximum atomic E-state index is 7.32. The summed E-state index contributed by atoms with van der Waals surface area (Å²) in [7, 11) is 0. The molecule has 8 bridgehead atoms. The van der Waals surface area contributed by atoms with E-state index in [4.69, 9.17) is 93.5 Å². The number of pyridine rings is 3. The highest BCUT2D eigenvalue weighted by Gasteiger charge is 2.15. The average Bonchev–Trinajstić information content (AvgIpc) is 3.17. The summed E-state index contributed by atoms with van der Waals surface area (Å²) < 4.78 is 0. The number of fused-ring (bicyclic) bond motifs is 18. The van der Waals surface area contributed by atoms with Gasteiger partial charge in [0.25, 0.3) is 0 Å². The second-order valence-corrected chi connectivity index (χ2v) is 14.1. The standard InChI is InChI=1S/C33H39N11S6.C2H3N/c45-28-22-4-1-5-23(40-22)29(46)35-11-17-44-19-13-37-31(48)25-7-2-6-24(41-25)30(47)36-12-18-43(16-10-34-28)20-14-38-32(49)26-8-3-9-27(42-26)33(50)39-15-21-44;1-2-3/h1-9H,10-21H2,(H,34,45)(H,35,46)(H,36,47)(H,37,48)(H,38,49)(H,39,50);1H3. The Kier molecular flexibility index (Phi) is 17.7. The van der Waals surface area contributed by atoms with Gasteiger partial charge in [-0.2, -0.15) is 5.26 Å². The first kappa shape index (κ1) is 41.9. The summed E-state index contributed by atoms with van der Waals surface area (Å²) in [6, 6.07) is 18.9. The van der Waals surface area contributed by atoms with Crippen LogP contribution in [-0.4, -0.2) is 133 Å². The van der Waals surface area contributed by atoms with E-state index in [0.717, 1.165) is 0 Å². The minimum Gasteiger partial charge on any atom is -0.373 e. The van der Waals surface area contributed by atoms with Crippen LogP contribution in [-0.2, 0) is 0 Å². The molecule has 0 unspecified atom stereocenters. The van der Waals surface area contributed by atoms with Crippen LogP contribution in [0.1, 0.15) is 41.1 Å². The molecule has 6 heterocycles. The van der Waals surface area contributed by atoms with Gasteiger partial charge in [0.1, 0.15) is 29.9 Å². The zero-order chi connectivity index (χ0) is 38.0. The van der Waals surface area contributed by atoms with Crippen molar-refractivity contribution < 1.29 is 0 Å². The Balaban J connectivity index is 0.00000202. The van der Waals surface area contributed by atoms with Gasteiger partial charge >= 0.3 is 0 Å². The lowest BCUT2D eigenvalue weighted by Gasteiger charge is -2.24. The summed E-state index contributed by atoms with van der Waals surface area (Å²) in [4.78, 5) is 22.3. The van der Waals surface area contributed by atoms with Gasteiger partial charge in [0.2, 0.25) is 0 Å². The van der Waals surface area contributed by atoms with E-state index in [1.54, 1.807) is 6.07 Å². The topological polar surface area (TPSA) is 141 Å². The minimum atomic E-state index is 0.566. The first-order chi connectivity index (χ1) is 25.7. The Hall–Kier alpha value is -3.80. The largest absolute Gasteiger partial charge is 0.373 e. The molecule has 0 spiro atoms. The molecule has 0 amide bonds. The van der Waals surface area contributed by atoms with Crippen LogP contribution in [0.25, 0.3) is 0 Å². The van der Waals surface area contributed by atoms with Gasteiger partial charge in [-0.15, -0.1) is 0 Å². The van der Waals surface area contributed by atoms with E-state index in [0.29, 0.717) is 143 Å². The second-order valence-electron chi connectivity index (χ2n) is 11.7. The fraction of sp³-hybridized carbons (Fsp3) is 0.371. The van der Waals surface area contributed by atoms with Crippen LogP contribution >= 0.6 is 73.3 Å².